The SMILES string of the molecule is Cc1ccsc1CN(Cc1ccccc1)C(=O)CN(CC1CCCO1)S(=O)(=O)CC12CCC(CC1=O)C2(C)C. The van der Waals surface area contributed by atoms with E-state index >= 15 is 0 Å². The molecule has 2 saturated carbocycles. The van der Waals surface area contributed by atoms with E-state index < -0.39 is 15.4 Å². The summed E-state index contributed by atoms with van der Waals surface area (Å²) >= 11 is 1.60. The number of benzene rings is 1. The number of carbonyl (C=O) groups excluding carboxylic acids is 2. The van der Waals surface area contributed by atoms with Gasteiger partial charge < -0.3 is 9.64 Å². The number of carbonyl (C=O) groups is 2. The lowest BCUT2D eigenvalue weighted by Crippen LogP contribution is -2.50. The molecule has 9 heteroatoms. The molecule has 1 saturated heterocycles. The molecular weight excluding hydrogens is 532 g/mol. The fourth-order valence-electron chi connectivity index (χ4n) is 6.83. The number of rotatable bonds is 11. The van der Waals surface area contributed by atoms with Gasteiger partial charge in [0.15, 0.2) is 0 Å². The molecule has 3 aliphatic rings. The van der Waals surface area contributed by atoms with E-state index in [2.05, 4.69) is 0 Å². The highest BCUT2D eigenvalue weighted by Gasteiger charge is 2.65. The summed E-state index contributed by atoms with van der Waals surface area (Å²) in [7, 11) is -3.93. The van der Waals surface area contributed by atoms with Gasteiger partial charge in [0.25, 0.3) is 0 Å². The van der Waals surface area contributed by atoms with Gasteiger partial charge >= 0.3 is 0 Å². The van der Waals surface area contributed by atoms with Gasteiger partial charge in [-0.3, -0.25) is 9.59 Å². The van der Waals surface area contributed by atoms with Crippen LogP contribution >= 0.6 is 11.3 Å². The summed E-state index contributed by atoms with van der Waals surface area (Å²) in [5.74, 6) is -0.184. The van der Waals surface area contributed by atoms with Crippen LogP contribution < -0.4 is 0 Å². The lowest BCUT2D eigenvalue weighted by Gasteiger charge is -2.38. The molecule has 1 aromatic heterocycles. The van der Waals surface area contributed by atoms with Crippen molar-refractivity contribution in [1.82, 2.24) is 9.21 Å². The number of nitrogens with zero attached hydrogens (tertiary/aromatic N) is 2. The summed E-state index contributed by atoms with van der Waals surface area (Å²) in [6, 6.07) is 11.8. The van der Waals surface area contributed by atoms with Crippen LogP contribution in [0.4, 0.5) is 0 Å². The maximum atomic E-state index is 14.1. The predicted molar refractivity (Wildman–Crippen MR) is 153 cm³/mol. The Morgan fingerprint density at radius 2 is 1.90 bits per heavy atom. The number of thiophene rings is 1. The third kappa shape index (κ3) is 5.60. The minimum atomic E-state index is -3.93. The van der Waals surface area contributed by atoms with Gasteiger partial charge in [0.1, 0.15) is 5.78 Å². The van der Waals surface area contributed by atoms with Crippen LogP contribution in [0.2, 0.25) is 0 Å². The van der Waals surface area contributed by atoms with Gasteiger partial charge in [-0.25, -0.2) is 8.42 Å². The number of Topliss-reactive ketones (excluding diaryl/α,β-unsaturated/α-hetero) is 1. The molecule has 39 heavy (non-hydrogen) atoms. The first-order valence-electron chi connectivity index (χ1n) is 14.0. The number of ether oxygens (including phenoxy) is 1. The summed E-state index contributed by atoms with van der Waals surface area (Å²) in [5, 5.41) is 2.01. The van der Waals surface area contributed by atoms with Gasteiger partial charge in [-0.05, 0) is 66.5 Å². The van der Waals surface area contributed by atoms with Crippen LogP contribution in [0.25, 0.3) is 0 Å². The molecule has 3 atom stereocenters. The Hall–Kier alpha value is -2.07. The first kappa shape index (κ1) is 28.5. The summed E-state index contributed by atoms with van der Waals surface area (Å²) < 4.78 is 35.4. The highest BCUT2D eigenvalue weighted by molar-refractivity contribution is 7.89. The van der Waals surface area contributed by atoms with Gasteiger partial charge in [0, 0.05) is 36.4 Å². The normalized spacial score (nSPS) is 26.0. The predicted octanol–water partition coefficient (Wildman–Crippen LogP) is 4.79. The fraction of sp³-hybridized carbons (Fsp3) is 0.600. The first-order chi connectivity index (χ1) is 18.5. The topological polar surface area (TPSA) is 84.0 Å². The number of sulfonamides is 1. The van der Waals surface area contributed by atoms with Crippen molar-refractivity contribution in [3.05, 3.63) is 57.8 Å². The van der Waals surface area contributed by atoms with E-state index in [-0.39, 0.29) is 48.0 Å². The average Bonchev–Trinajstić information content (AvgIpc) is 3.64. The highest BCUT2D eigenvalue weighted by Crippen LogP contribution is 2.64. The quantitative estimate of drug-likeness (QED) is 0.387. The molecule has 0 spiro atoms. The van der Waals surface area contributed by atoms with Crippen molar-refractivity contribution < 1.29 is 22.7 Å². The lowest BCUT2D eigenvalue weighted by molar-refractivity contribution is -0.132. The molecule has 3 unspecified atom stereocenters. The van der Waals surface area contributed by atoms with Crippen LogP contribution in [0.1, 0.15) is 62.0 Å². The molecule has 0 radical (unpaired) electrons. The Kier molecular flexibility index (Phi) is 8.08. The van der Waals surface area contributed by atoms with Gasteiger partial charge in [0.05, 0.1) is 24.9 Å². The zero-order chi connectivity index (χ0) is 27.8. The molecule has 2 bridgehead atoms. The lowest BCUT2D eigenvalue weighted by atomic mass is 9.70. The van der Waals surface area contributed by atoms with Crippen molar-refractivity contribution in [2.75, 3.05) is 25.4 Å². The third-order valence-corrected chi connectivity index (χ3v) is 12.5. The van der Waals surface area contributed by atoms with Crippen LogP contribution in [0.5, 0.6) is 0 Å². The Morgan fingerprint density at radius 3 is 2.49 bits per heavy atom. The maximum absolute atomic E-state index is 14.1. The molecule has 2 heterocycles. The average molecular weight is 573 g/mol. The number of amides is 1. The van der Waals surface area contributed by atoms with E-state index in [1.165, 1.54) is 4.31 Å². The van der Waals surface area contributed by atoms with Crippen molar-refractivity contribution in [2.24, 2.45) is 16.7 Å². The van der Waals surface area contributed by atoms with E-state index in [9.17, 15) is 18.0 Å². The highest BCUT2D eigenvalue weighted by atomic mass is 32.2. The van der Waals surface area contributed by atoms with Crippen LogP contribution in [-0.4, -0.2) is 60.9 Å². The summed E-state index contributed by atoms with van der Waals surface area (Å²) in [6.07, 6.45) is 3.34. The van der Waals surface area contributed by atoms with E-state index in [4.69, 9.17) is 4.74 Å². The third-order valence-electron chi connectivity index (χ3n) is 9.58. The van der Waals surface area contributed by atoms with Crippen LogP contribution in [-0.2, 0) is 37.4 Å². The molecule has 1 amide bonds. The number of ketones is 1. The van der Waals surface area contributed by atoms with Crippen LogP contribution in [0.15, 0.2) is 41.8 Å². The maximum Gasteiger partial charge on any atom is 0.238 e. The molecule has 2 aromatic rings. The van der Waals surface area contributed by atoms with E-state index in [0.29, 0.717) is 32.5 Å². The second-order valence-corrected chi connectivity index (χ2v) is 15.1. The van der Waals surface area contributed by atoms with Crippen molar-refractivity contribution in [2.45, 2.75) is 72.1 Å². The van der Waals surface area contributed by atoms with Crippen molar-refractivity contribution in [3.8, 4) is 0 Å². The number of fused-ring (bicyclic) bond motifs is 2. The molecule has 1 aliphatic heterocycles. The van der Waals surface area contributed by atoms with Gasteiger partial charge in [-0.15, -0.1) is 11.3 Å². The Balaban J connectivity index is 1.41. The molecule has 212 valence electrons. The van der Waals surface area contributed by atoms with Gasteiger partial charge in [0.2, 0.25) is 15.9 Å². The minimum Gasteiger partial charge on any atom is -0.377 e. The Morgan fingerprint density at radius 1 is 1.13 bits per heavy atom. The van der Waals surface area contributed by atoms with E-state index in [1.54, 1.807) is 16.2 Å². The first-order valence-corrected chi connectivity index (χ1v) is 16.5. The standard InChI is InChI=1S/C30H40N2O5S2/c1-22-12-15-38-26(22)19-31(17-23-8-5-4-6-9-23)28(34)20-32(18-25-10-7-14-37-25)39(35,36)21-30-13-11-24(16-27(30)33)29(30,2)3/h4-6,8-9,12,15,24-25H,7,10-11,13-14,16-21H2,1-3H3. The largest absolute Gasteiger partial charge is 0.377 e. The number of hydrogen-bond donors (Lipinski definition) is 0. The smallest absolute Gasteiger partial charge is 0.238 e. The van der Waals surface area contributed by atoms with Gasteiger partial charge in [-0.2, -0.15) is 4.31 Å². The zero-order valence-corrected chi connectivity index (χ0v) is 24.9. The van der Waals surface area contributed by atoms with E-state index in [1.807, 2.05) is 62.5 Å². The molecule has 7 nitrogen and oxygen atoms in total. The number of aryl methyl sites for hydroxylation is 1. The minimum absolute atomic E-state index is 0.0644. The molecule has 3 fully saturated rings. The summed E-state index contributed by atoms with van der Waals surface area (Å²) in [6.45, 7) is 7.41. The Labute approximate surface area is 236 Å². The fourth-order valence-corrected chi connectivity index (χ4v) is 9.93. The molecule has 1 aromatic carbocycles. The van der Waals surface area contributed by atoms with Crippen molar-refractivity contribution in [3.63, 3.8) is 0 Å². The second kappa shape index (κ2) is 11.1. The van der Waals surface area contributed by atoms with Crippen LogP contribution in [0.3, 0.4) is 0 Å². The number of hydrogen-bond acceptors (Lipinski definition) is 6. The van der Waals surface area contributed by atoms with Crippen LogP contribution in [0, 0.1) is 23.7 Å². The van der Waals surface area contributed by atoms with Crippen molar-refractivity contribution >= 4 is 33.1 Å². The molecule has 0 N–H and O–H groups in total. The summed E-state index contributed by atoms with van der Waals surface area (Å²) in [4.78, 5) is 29.9. The molecule has 5 rings (SSSR count). The van der Waals surface area contributed by atoms with Crippen molar-refractivity contribution in [1.29, 1.82) is 0 Å². The molecular formula is C30H40N2O5S2. The summed E-state index contributed by atoms with van der Waals surface area (Å²) in [5.41, 5.74) is 0.855. The van der Waals surface area contributed by atoms with Gasteiger partial charge in [-0.1, -0.05) is 44.2 Å². The zero-order valence-electron chi connectivity index (χ0n) is 23.2. The Bertz CT molecular complexity index is 1300. The second-order valence-electron chi connectivity index (χ2n) is 12.1. The monoisotopic (exact) mass is 572 g/mol. The van der Waals surface area contributed by atoms with E-state index in [0.717, 1.165) is 35.3 Å². The molecule has 2 aliphatic carbocycles.